The summed E-state index contributed by atoms with van der Waals surface area (Å²) in [4.78, 5) is 73.0. The molecular weight excluding hydrogens is 1290 g/mol. The van der Waals surface area contributed by atoms with E-state index < -0.39 is 97.5 Å². The van der Waals surface area contributed by atoms with Crippen LogP contribution in [0, 0.1) is 5.92 Å². The van der Waals surface area contributed by atoms with Gasteiger partial charge >= 0.3 is 39.5 Å². The van der Waals surface area contributed by atoms with Crippen LogP contribution in [0.4, 0.5) is 0 Å². The Hall–Kier alpha value is -1.94. The fourth-order valence-corrected chi connectivity index (χ4v) is 14.0. The third-order valence-electron chi connectivity index (χ3n) is 18.8. The summed E-state index contributed by atoms with van der Waals surface area (Å²) in [5, 5.41) is 10.6. The molecule has 2 unspecified atom stereocenters. The lowest BCUT2D eigenvalue weighted by atomic mass is 10.0. The first-order chi connectivity index (χ1) is 48.0. The van der Waals surface area contributed by atoms with Crippen molar-refractivity contribution in [1.29, 1.82) is 0 Å². The lowest BCUT2D eigenvalue weighted by molar-refractivity contribution is -0.161. The molecule has 0 radical (unpaired) electrons. The molecule has 99 heavy (non-hydrogen) atoms. The quantitative estimate of drug-likeness (QED) is 0.0222. The number of carbonyl (C=O) groups is 4. The molecule has 3 N–H and O–H groups in total. The second kappa shape index (κ2) is 73.0. The molecule has 5 atom stereocenters. The van der Waals surface area contributed by atoms with Crippen LogP contribution in [0.2, 0.25) is 0 Å². The van der Waals surface area contributed by atoms with Gasteiger partial charge in [-0.05, 0) is 31.6 Å². The zero-order chi connectivity index (χ0) is 72.7. The highest BCUT2D eigenvalue weighted by atomic mass is 31.2. The molecule has 0 spiro atoms. The first kappa shape index (κ1) is 97.1. The van der Waals surface area contributed by atoms with Gasteiger partial charge in [-0.15, -0.1) is 0 Å². The smallest absolute Gasteiger partial charge is 0.462 e. The summed E-state index contributed by atoms with van der Waals surface area (Å²) in [7, 11) is -9.92. The van der Waals surface area contributed by atoms with Crippen LogP contribution in [0.15, 0.2) is 0 Å². The van der Waals surface area contributed by atoms with Crippen molar-refractivity contribution >= 4 is 39.5 Å². The van der Waals surface area contributed by atoms with Crippen molar-refractivity contribution in [2.24, 2.45) is 5.92 Å². The van der Waals surface area contributed by atoms with Crippen LogP contribution in [0.3, 0.4) is 0 Å². The average molecular weight is 1450 g/mol. The molecule has 0 bridgehead atoms. The summed E-state index contributed by atoms with van der Waals surface area (Å²) in [5.74, 6) is -1.29. The van der Waals surface area contributed by atoms with Gasteiger partial charge in [-0.3, -0.25) is 37.3 Å². The molecule has 0 aliphatic heterocycles. The summed E-state index contributed by atoms with van der Waals surface area (Å²) < 4.78 is 68.7. The molecule has 17 nitrogen and oxygen atoms in total. The van der Waals surface area contributed by atoms with Gasteiger partial charge < -0.3 is 33.8 Å². The summed E-state index contributed by atoms with van der Waals surface area (Å²) >= 11 is 0. The number of carbonyl (C=O) groups excluding carboxylic acids is 4. The number of aliphatic hydroxyl groups is 1. The lowest BCUT2D eigenvalue weighted by Crippen LogP contribution is -2.30. The van der Waals surface area contributed by atoms with Crippen molar-refractivity contribution in [3.8, 4) is 0 Å². The van der Waals surface area contributed by atoms with Gasteiger partial charge in [0.1, 0.15) is 19.3 Å². The maximum absolute atomic E-state index is 13.1. The van der Waals surface area contributed by atoms with E-state index in [0.717, 1.165) is 95.8 Å². The minimum absolute atomic E-state index is 0.109. The second-order valence-electron chi connectivity index (χ2n) is 29.3. The van der Waals surface area contributed by atoms with Crippen LogP contribution in [0.25, 0.3) is 0 Å². The van der Waals surface area contributed by atoms with Crippen molar-refractivity contribution in [1.82, 2.24) is 0 Å². The standard InChI is InChI=1S/C80H156O17P2/c1-6-9-12-15-18-21-24-27-34-39-44-49-54-59-64-78(83)91-70-76(97-80(85)66-61-56-51-46-41-36-32-30-29-31-33-37-42-47-52-57-62-73(4)5)72-95-99(88,89)93-68-74(81)67-92-98(86,87)94-71-75(69-90-77(82)63-58-53-48-43-38-26-23-20-17-14-11-8-3)96-79(84)65-60-55-50-45-40-35-28-25-22-19-16-13-10-7-2/h73-76,81H,6-72H2,1-5H3,(H,86,87)(H,88,89)/t74-,75+,76+/m0/s1. The topological polar surface area (TPSA) is 237 Å². The van der Waals surface area contributed by atoms with Crippen LogP contribution in [0.5, 0.6) is 0 Å². The molecule has 0 amide bonds. The highest BCUT2D eigenvalue weighted by Gasteiger charge is 2.30. The summed E-state index contributed by atoms with van der Waals surface area (Å²) in [6.45, 7) is 7.36. The largest absolute Gasteiger partial charge is 0.472 e. The lowest BCUT2D eigenvalue weighted by Gasteiger charge is -2.21. The first-order valence-corrected chi connectivity index (χ1v) is 44.6. The number of phosphoric ester groups is 2. The molecular formula is C80H156O17P2. The Morgan fingerprint density at radius 3 is 0.687 bits per heavy atom. The molecule has 0 saturated heterocycles. The number of phosphoric acid groups is 2. The number of hydrogen-bond acceptors (Lipinski definition) is 15. The molecule has 0 aromatic carbocycles. The third-order valence-corrected chi connectivity index (χ3v) is 20.7. The molecule has 19 heteroatoms. The maximum atomic E-state index is 13.1. The predicted octanol–water partition coefficient (Wildman–Crippen LogP) is 24.0. The van der Waals surface area contributed by atoms with E-state index in [2.05, 4.69) is 34.6 Å². The zero-order valence-electron chi connectivity index (χ0n) is 64.6. The summed E-state index contributed by atoms with van der Waals surface area (Å²) in [6, 6.07) is 0. The van der Waals surface area contributed by atoms with Crippen LogP contribution < -0.4 is 0 Å². The molecule has 0 heterocycles. The Bertz CT molecular complexity index is 1890. The minimum atomic E-state index is -4.96. The van der Waals surface area contributed by atoms with Crippen molar-refractivity contribution < 1.29 is 80.2 Å². The van der Waals surface area contributed by atoms with Gasteiger partial charge in [0.25, 0.3) is 0 Å². The fourth-order valence-electron chi connectivity index (χ4n) is 12.4. The Balaban J connectivity index is 5.25. The third kappa shape index (κ3) is 74.1. The Morgan fingerprint density at radius 1 is 0.273 bits per heavy atom. The van der Waals surface area contributed by atoms with Gasteiger partial charge in [-0.1, -0.05) is 375 Å². The van der Waals surface area contributed by atoms with E-state index >= 15 is 0 Å². The minimum Gasteiger partial charge on any atom is -0.462 e. The van der Waals surface area contributed by atoms with E-state index in [-0.39, 0.29) is 25.7 Å². The molecule has 0 aromatic rings. The summed E-state index contributed by atoms with van der Waals surface area (Å²) in [5.41, 5.74) is 0. The molecule has 0 aliphatic carbocycles. The van der Waals surface area contributed by atoms with Gasteiger partial charge in [0, 0.05) is 25.7 Å². The van der Waals surface area contributed by atoms with Crippen LogP contribution in [0.1, 0.15) is 426 Å². The normalized spacial score (nSPS) is 13.9. The van der Waals surface area contributed by atoms with Crippen LogP contribution >= 0.6 is 15.6 Å². The monoisotopic (exact) mass is 1450 g/mol. The molecule has 0 aromatic heterocycles. The van der Waals surface area contributed by atoms with E-state index in [9.17, 15) is 43.2 Å². The van der Waals surface area contributed by atoms with Crippen LogP contribution in [-0.2, 0) is 65.4 Å². The number of ether oxygens (including phenoxy) is 4. The Morgan fingerprint density at radius 2 is 0.465 bits per heavy atom. The van der Waals surface area contributed by atoms with E-state index in [1.807, 2.05) is 0 Å². The highest BCUT2D eigenvalue weighted by molar-refractivity contribution is 7.47. The summed E-state index contributed by atoms with van der Waals surface area (Å²) in [6.07, 6.45) is 63.6. The van der Waals surface area contributed by atoms with Gasteiger partial charge in [-0.2, -0.15) is 0 Å². The Kier molecular flexibility index (Phi) is 71.6. The van der Waals surface area contributed by atoms with E-state index in [4.69, 9.17) is 37.0 Å². The van der Waals surface area contributed by atoms with E-state index in [0.29, 0.717) is 25.7 Å². The fraction of sp³-hybridized carbons (Fsp3) is 0.950. The van der Waals surface area contributed by atoms with Gasteiger partial charge in [0.2, 0.25) is 0 Å². The van der Waals surface area contributed by atoms with Crippen LogP contribution in [-0.4, -0.2) is 96.7 Å². The molecule has 0 aliphatic rings. The molecule has 588 valence electrons. The highest BCUT2D eigenvalue weighted by Crippen LogP contribution is 2.45. The number of hydrogen-bond donors (Lipinski definition) is 3. The Labute approximate surface area is 607 Å². The second-order valence-corrected chi connectivity index (χ2v) is 32.2. The van der Waals surface area contributed by atoms with Gasteiger partial charge in [-0.25, -0.2) is 9.13 Å². The first-order valence-electron chi connectivity index (χ1n) is 41.6. The van der Waals surface area contributed by atoms with Crippen molar-refractivity contribution in [3.63, 3.8) is 0 Å². The van der Waals surface area contributed by atoms with E-state index in [1.54, 1.807) is 0 Å². The van der Waals surface area contributed by atoms with Crippen molar-refractivity contribution in [3.05, 3.63) is 0 Å². The number of aliphatic hydroxyl groups excluding tert-OH is 1. The van der Waals surface area contributed by atoms with E-state index in [1.165, 1.54) is 250 Å². The van der Waals surface area contributed by atoms with Gasteiger partial charge in [0.05, 0.1) is 26.4 Å². The van der Waals surface area contributed by atoms with Gasteiger partial charge in [0.15, 0.2) is 12.2 Å². The maximum Gasteiger partial charge on any atom is 0.472 e. The average Bonchev–Trinajstić information content (AvgIpc) is 1.63. The van der Waals surface area contributed by atoms with Crippen molar-refractivity contribution in [2.75, 3.05) is 39.6 Å². The zero-order valence-corrected chi connectivity index (χ0v) is 66.4. The number of rotatable bonds is 80. The number of esters is 4. The molecule has 0 saturated carbocycles. The number of unbranched alkanes of at least 4 members (excludes halogenated alkanes) is 52. The predicted molar refractivity (Wildman–Crippen MR) is 405 cm³/mol. The molecule has 0 rings (SSSR count). The SMILES string of the molecule is CCCCCCCCCCCCCCCCC(=O)OC[C@H](COP(=O)(O)OC[C@@H](O)COP(=O)(O)OC[C@@H](COC(=O)CCCCCCCCCCCCCC)OC(=O)CCCCCCCCCCCCCCCC)OC(=O)CCCCCCCCCCCCCCCCCCC(C)C. The molecule has 0 fully saturated rings. The van der Waals surface area contributed by atoms with Crippen molar-refractivity contribution in [2.45, 2.75) is 445 Å².